The van der Waals surface area contributed by atoms with Crippen molar-refractivity contribution in [3.63, 3.8) is 0 Å². The van der Waals surface area contributed by atoms with Crippen LogP contribution < -0.4 is 21.5 Å². The van der Waals surface area contributed by atoms with Gasteiger partial charge in [0.05, 0.1) is 5.69 Å². The lowest BCUT2D eigenvalue weighted by molar-refractivity contribution is -0.151. The van der Waals surface area contributed by atoms with E-state index in [1.165, 1.54) is 13.0 Å². The van der Waals surface area contributed by atoms with Gasteiger partial charge in [0.25, 0.3) is 0 Å². The van der Waals surface area contributed by atoms with E-state index in [1.54, 1.807) is 17.1 Å². The molecule has 4 N–H and O–H groups in total. The summed E-state index contributed by atoms with van der Waals surface area (Å²) in [5.74, 6) is -0.507. The van der Waals surface area contributed by atoms with Crippen LogP contribution in [0, 0.1) is 5.82 Å². The predicted octanol–water partition coefficient (Wildman–Crippen LogP) is 3.29. The minimum absolute atomic E-state index is 0.225. The van der Waals surface area contributed by atoms with Gasteiger partial charge in [0.1, 0.15) is 18.1 Å². The lowest BCUT2D eigenvalue weighted by Crippen LogP contribution is -2.21. The average Bonchev–Trinajstić information content (AvgIpc) is 3.32. The summed E-state index contributed by atoms with van der Waals surface area (Å²) < 4.78 is 17.8. The number of hydrogen-bond donors (Lipinski definition) is 3. The summed E-state index contributed by atoms with van der Waals surface area (Å²) in [6, 6.07) is 4.65. The molecule has 0 spiro atoms. The van der Waals surface area contributed by atoms with Gasteiger partial charge in [-0.3, -0.25) is 9.80 Å². The van der Waals surface area contributed by atoms with Gasteiger partial charge in [-0.1, -0.05) is 20.8 Å². The Morgan fingerprint density at radius 3 is 2.12 bits per heavy atom. The molecule has 0 bridgehead atoms. The Labute approximate surface area is 151 Å². The number of nitrogens with two attached hydrogens (primary N) is 1. The summed E-state index contributed by atoms with van der Waals surface area (Å²) in [5, 5.41) is 4.63. The monoisotopic (exact) mass is 358 g/mol. The number of anilines is 2. The Hall–Kier alpha value is -1.86. The molecule has 7 heteroatoms. The van der Waals surface area contributed by atoms with E-state index in [0.717, 1.165) is 6.54 Å². The number of carbonyl (C=O) groups is 1. The predicted molar refractivity (Wildman–Crippen MR) is 104 cm³/mol. The van der Waals surface area contributed by atoms with E-state index in [2.05, 4.69) is 17.7 Å². The van der Waals surface area contributed by atoms with E-state index in [4.69, 9.17) is 10.5 Å². The van der Waals surface area contributed by atoms with Crippen molar-refractivity contribution in [2.24, 2.45) is 0 Å². The molecule has 25 heavy (non-hydrogen) atoms. The van der Waals surface area contributed by atoms with Crippen LogP contribution in [0.4, 0.5) is 15.8 Å². The molecule has 146 valence electrons. The number of hydrogen-bond acceptors (Lipinski definition) is 6. The second-order valence-corrected chi connectivity index (χ2v) is 5.87. The second-order valence-electron chi connectivity index (χ2n) is 5.87. The molecule has 0 unspecified atom stereocenters. The standard InChI is InChI=1S/C7H8FN3.C6H12O2.C3H9N.C2H6/c8-6-3-5(9)1-2-7(6)11-4-10-11;1-5(7)8-6(2,3)4;1-3-4-2;1-2/h1-3,10H,4,9H2;1-4H3;4H,3H2,1-2H3;1-2H3. The summed E-state index contributed by atoms with van der Waals surface area (Å²) in [7, 11) is 1.93. The number of ether oxygens (including phenoxy) is 1. The maximum Gasteiger partial charge on any atom is 0.303 e. The van der Waals surface area contributed by atoms with Crippen molar-refractivity contribution in [3.8, 4) is 0 Å². The van der Waals surface area contributed by atoms with Crippen LogP contribution in [0.15, 0.2) is 18.2 Å². The van der Waals surface area contributed by atoms with Gasteiger partial charge < -0.3 is 15.8 Å². The molecule has 0 saturated carbocycles. The quantitative estimate of drug-likeness (QED) is 0.427. The number of nitrogens with one attached hydrogen (secondary N) is 2. The highest BCUT2D eigenvalue weighted by Crippen LogP contribution is 2.22. The van der Waals surface area contributed by atoms with Crippen LogP contribution >= 0.6 is 0 Å². The van der Waals surface area contributed by atoms with Crippen molar-refractivity contribution in [2.75, 3.05) is 31.0 Å². The fraction of sp³-hybridized carbons (Fsp3) is 0.611. The topological polar surface area (TPSA) is 89.3 Å². The molecule has 0 aliphatic carbocycles. The molecule has 1 heterocycles. The van der Waals surface area contributed by atoms with Crippen molar-refractivity contribution >= 4 is 17.3 Å². The summed E-state index contributed by atoms with van der Waals surface area (Å²) in [4.78, 5) is 10.2. The number of nitrogen functional groups attached to an aromatic ring is 1. The van der Waals surface area contributed by atoms with Crippen LogP contribution in [0.2, 0.25) is 0 Å². The third-order valence-electron chi connectivity index (χ3n) is 2.38. The summed E-state index contributed by atoms with van der Waals surface area (Å²) in [5.41, 5.74) is 8.91. The third kappa shape index (κ3) is 15.4. The minimum Gasteiger partial charge on any atom is -0.460 e. The Kier molecular flexibility index (Phi) is 13.6. The molecule has 6 nitrogen and oxygen atoms in total. The SMILES string of the molecule is CC.CC(=O)OC(C)(C)C.CCNC.Nc1ccc(N2CN2)c(F)c1. The molecule has 2 rings (SSSR count). The highest BCUT2D eigenvalue weighted by Gasteiger charge is 2.20. The van der Waals surface area contributed by atoms with Gasteiger partial charge in [-0.15, -0.1) is 0 Å². The molecule has 0 amide bonds. The van der Waals surface area contributed by atoms with E-state index in [0.29, 0.717) is 18.0 Å². The highest BCUT2D eigenvalue weighted by atomic mass is 19.1. The van der Waals surface area contributed by atoms with Gasteiger partial charge >= 0.3 is 5.97 Å². The zero-order valence-electron chi connectivity index (χ0n) is 16.9. The summed E-state index contributed by atoms with van der Waals surface area (Å²) >= 11 is 0. The van der Waals surface area contributed by atoms with Crippen molar-refractivity contribution in [2.45, 2.75) is 54.1 Å². The van der Waals surface area contributed by atoms with Crippen molar-refractivity contribution in [1.29, 1.82) is 0 Å². The van der Waals surface area contributed by atoms with E-state index >= 15 is 0 Å². The Bertz CT molecular complexity index is 484. The van der Waals surface area contributed by atoms with Gasteiger partial charge in [-0.25, -0.2) is 9.82 Å². The molecule has 1 aliphatic rings. The first-order valence-corrected chi connectivity index (χ1v) is 8.51. The zero-order chi connectivity index (χ0) is 20.0. The maximum atomic E-state index is 13.0. The van der Waals surface area contributed by atoms with Crippen LogP contribution in [0.1, 0.15) is 48.5 Å². The van der Waals surface area contributed by atoms with Crippen LogP contribution in [0.3, 0.4) is 0 Å². The number of hydrazine groups is 1. The van der Waals surface area contributed by atoms with Crippen molar-refractivity contribution in [3.05, 3.63) is 24.0 Å². The number of halogens is 1. The second kappa shape index (κ2) is 13.4. The maximum absolute atomic E-state index is 13.0. The minimum atomic E-state index is -0.328. The normalized spacial score (nSPS) is 11.6. The lowest BCUT2D eigenvalue weighted by atomic mass is 10.2. The first-order valence-electron chi connectivity index (χ1n) is 8.51. The summed E-state index contributed by atoms with van der Waals surface area (Å²) in [6.45, 7) is 14.8. The Balaban J connectivity index is 0. The highest BCUT2D eigenvalue weighted by molar-refractivity contribution is 5.66. The number of carbonyl (C=O) groups excluding carboxylic acids is 1. The molecule has 1 saturated heterocycles. The van der Waals surface area contributed by atoms with Crippen LogP contribution in [-0.4, -0.2) is 31.8 Å². The largest absolute Gasteiger partial charge is 0.460 e. The molecular formula is C18H35FN4O2. The fourth-order valence-electron chi connectivity index (χ4n) is 1.38. The molecule has 1 fully saturated rings. The van der Waals surface area contributed by atoms with Gasteiger partial charge in [-0.2, -0.15) is 0 Å². The third-order valence-corrected chi connectivity index (χ3v) is 2.38. The molecule has 0 atom stereocenters. The van der Waals surface area contributed by atoms with Crippen LogP contribution in [0.5, 0.6) is 0 Å². The van der Waals surface area contributed by atoms with E-state index in [1.807, 2.05) is 41.7 Å². The number of benzene rings is 1. The Morgan fingerprint density at radius 2 is 1.88 bits per heavy atom. The van der Waals surface area contributed by atoms with Gasteiger partial charge in [0.2, 0.25) is 0 Å². The van der Waals surface area contributed by atoms with E-state index in [9.17, 15) is 9.18 Å². The lowest BCUT2D eigenvalue weighted by Gasteiger charge is -2.17. The van der Waals surface area contributed by atoms with Crippen molar-refractivity contribution < 1.29 is 13.9 Å². The molecule has 1 aromatic carbocycles. The molecule has 1 aromatic rings. The van der Waals surface area contributed by atoms with Gasteiger partial charge in [0.15, 0.2) is 0 Å². The van der Waals surface area contributed by atoms with E-state index in [-0.39, 0.29) is 17.4 Å². The van der Waals surface area contributed by atoms with E-state index < -0.39 is 0 Å². The first kappa shape index (κ1) is 25.4. The van der Waals surface area contributed by atoms with Gasteiger partial charge in [0, 0.05) is 12.6 Å². The smallest absolute Gasteiger partial charge is 0.303 e. The van der Waals surface area contributed by atoms with Crippen LogP contribution in [0.25, 0.3) is 0 Å². The summed E-state index contributed by atoms with van der Waals surface area (Å²) in [6.07, 6.45) is 0. The molecular weight excluding hydrogens is 323 g/mol. The van der Waals surface area contributed by atoms with Gasteiger partial charge in [-0.05, 0) is 52.6 Å². The number of esters is 1. The fourth-order valence-corrected chi connectivity index (χ4v) is 1.38. The zero-order valence-corrected chi connectivity index (χ0v) is 16.9. The van der Waals surface area contributed by atoms with Crippen molar-refractivity contribution in [1.82, 2.24) is 10.7 Å². The van der Waals surface area contributed by atoms with Crippen LogP contribution in [-0.2, 0) is 9.53 Å². The number of rotatable bonds is 2. The molecule has 0 radical (unpaired) electrons. The average molecular weight is 359 g/mol. The Morgan fingerprint density at radius 1 is 1.40 bits per heavy atom. The molecule has 1 aliphatic heterocycles. The first-order chi connectivity index (χ1) is 11.6. The number of nitrogens with zero attached hydrogens (tertiary/aromatic N) is 1. The molecule has 0 aromatic heterocycles.